The van der Waals surface area contributed by atoms with Crippen molar-refractivity contribution in [2.45, 2.75) is 19.8 Å². The summed E-state index contributed by atoms with van der Waals surface area (Å²) in [6, 6.07) is 4.10. The van der Waals surface area contributed by atoms with E-state index in [4.69, 9.17) is 14.6 Å². The third-order valence-corrected chi connectivity index (χ3v) is 4.97. The standard InChI is InChI=1S/C15H22N2O6S/c1-2-8-23-14-5-4-12(15(18)19)11-13(14)16-24(20,21)17-6-3-9-22-10-7-17/h4-5,11,16H,2-3,6-10H2,1H3,(H,18,19). The van der Waals surface area contributed by atoms with Gasteiger partial charge in [0.25, 0.3) is 0 Å². The first kappa shape index (κ1) is 18.5. The van der Waals surface area contributed by atoms with Crippen LogP contribution in [0, 0.1) is 0 Å². The van der Waals surface area contributed by atoms with Crippen LogP contribution in [0.1, 0.15) is 30.1 Å². The van der Waals surface area contributed by atoms with Gasteiger partial charge in [-0.1, -0.05) is 6.92 Å². The van der Waals surface area contributed by atoms with Gasteiger partial charge in [0.05, 0.1) is 24.5 Å². The van der Waals surface area contributed by atoms with Crippen molar-refractivity contribution in [2.75, 3.05) is 37.6 Å². The van der Waals surface area contributed by atoms with Gasteiger partial charge in [-0.15, -0.1) is 0 Å². The number of anilines is 1. The molecule has 1 saturated heterocycles. The van der Waals surface area contributed by atoms with Crippen molar-refractivity contribution >= 4 is 21.9 Å². The number of benzene rings is 1. The Morgan fingerprint density at radius 1 is 1.38 bits per heavy atom. The molecule has 2 N–H and O–H groups in total. The number of nitrogens with one attached hydrogen (secondary N) is 1. The fraction of sp³-hybridized carbons (Fsp3) is 0.533. The second-order valence-corrected chi connectivity index (χ2v) is 7.01. The van der Waals surface area contributed by atoms with E-state index >= 15 is 0 Å². The highest BCUT2D eigenvalue weighted by Gasteiger charge is 2.25. The number of hydrogen-bond donors (Lipinski definition) is 2. The zero-order chi connectivity index (χ0) is 17.6. The molecular weight excluding hydrogens is 336 g/mol. The highest BCUT2D eigenvalue weighted by molar-refractivity contribution is 7.90. The van der Waals surface area contributed by atoms with Gasteiger partial charge in [-0.2, -0.15) is 12.7 Å². The molecule has 0 saturated carbocycles. The van der Waals surface area contributed by atoms with Crippen LogP contribution in [-0.2, 0) is 14.9 Å². The molecule has 0 unspecified atom stereocenters. The molecule has 0 aromatic heterocycles. The summed E-state index contributed by atoms with van der Waals surface area (Å²) in [6.07, 6.45) is 1.35. The van der Waals surface area contributed by atoms with Crippen molar-refractivity contribution < 1.29 is 27.8 Å². The van der Waals surface area contributed by atoms with Crippen LogP contribution in [0.2, 0.25) is 0 Å². The minimum atomic E-state index is -3.82. The summed E-state index contributed by atoms with van der Waals surface area (Å²) in [6.45, 7) is 3.77. The largest absolute Gasteiger partial charge is 0.491 e. The van der Waals surface area contributed by atoms with E-state index < -0.39 is 16.2 Å². The maximum atomic E-state index is 12.6. The molecule has 0 radical (unpaired) electrons. The van der Waals surface area contributed by atoms with Crippen LogP contribution in [0.25, 0.3) is 0 Å². The molecule has 0 aliphatic carbocycles. The van der Waals surface area contributed by atoms with Gasteiger partial charge in [-0.25, -0.2) is 4.79 Å². The molecule has 0 amide bonds. The smallest absolute Gasteiger partial charge is 0.335 e. The van der Waals surface area contributed by atoms with Gasteiger partial charge >= 0.3 is 16.2 Å². The minimum Gasteiger partial charge on any atom is -0.491 e. The number of carboxylic acid groups (broad SMARTS) is 1. The quantitative estimate of drug-likeness (QED) is 0.766. The van der Waals surface area contributed by atoms with Crippen LogP contribution in [0.15, 0.2) is 18.2 Å². The summed E-state index contributed by atoms with van der Waals surface area (Å²) in [4.78, 5) is 11.1. The van der Waals surface area contributed by atoms with Crippen molar-refractivity contribution in [3.05, 3.63) is 23.8 Å². The number of hydrogen-bond acceptors (Lipinski definition) is 5. The molecule has 134 valence electrons. The fourth-order valence-electron chi connectivity index (χ4n) is 2.25. The monoisotopic (exact) mass is 358 g/mol. The third-order valence-electron chi connectivity index (χ3n) is 3.45. The molecule has 8 nitrogen and oxygen atoms in total. The number of carboxylic acids is 1. The van der Waals surface area contributed by atoms with Gasteiger partial charge in [0, 0.05) is 19.7 Å². The molecule has 1 aromatic carbocycles. The van der Waals surface area contributed by atoms with E-state index in [0.29, 0.717) is 38.5 Å². The average molecular weight is 358 g/mol. The molecule has 1 heterocycles. The molecule has 0 bridgehead atoms. The summed E-state index contributed by atoms with van der Waals surface area (Å²) in [5.74, 6) is -0.836. The van der Waals surface area contributed by atoms with Crippen LogP contribution in [0.3, 0.4) is 0 Å². The lowest BCUT2D eigenvalue weighted by molar-refractivity contribution is 0.0697. The molecular formula is C15H22N2O6S. The van der Waals surface area contributed by atoms with Gasteiger partial charge in [0.15, 0.2) is 0 Å². The Morgan fingerprint density at radius 2 is 2.17 bits per heavy atom. The first-order chi connectivity index (χ1) is 11.4. The lowest BCUT2D eigenvalue weighted by Gasteiger charge is -2.21. The van der Waals surface area contributed by atoms with Crippen molar-refractivity contribution in [3.8, 4) is 5.75 Å². The van der Waals surface area contributed by atoms with Crippen LogP contribution in [0.4, 0.5) is 5.69 Å². The van der Waals surface area contributed by atoms with E-state index in [2.05, 4.69) is 4.72 Å². The molecule has 9 heteroatoms. The molecule has 24 heavy (non-hydrogen) atoms. The molecule has 1 aliphatic rings. The van der Waals surface area contributed by atoms with Gasteiger partial charge in [0.1, 0.15) is 5.75 Å². The Labute approximate surface area is 141 Å². The SMILES string of the molecule is CCCOc1ccc(C(=O)O)cc1NS(=O)(=O)N1CCCOCC1. The van der Waals surface area contributed by atoms with E-state index in [1.165, 1.54) is 22.5 Å². The van der Waals surface area contributed by atoms with E-state index in [9.17, 15) is 13.2 Å². The van der Waals surface area contributed by atoms with Crippen molar-refractivity contribution in [2.24, 2.45) is 0 Å². The highest BCUT2D eigenvalue weighted by Crippen LogP contribution is 2.28. The van der Waals surface area contributed by atoms with Crippen molar-refractivity contribution in [1.82, 2.24) is 4.31 Å². The second-order valence-electron chi connectivity index (χ2n) is 5.34. The Morgan fingerprint density at radius 3 is 2.88 bits per heavy atom. The first-order valence-corrected chi connectivity index (χ1v) is 9.24. The first-order valence-electron chi connectivity index (χ1n) is 7.80. The Hall–Kier alpha value is -1.84. The lowest BCUT2D eigenvalue weighted by atomic mass is 10.2. The normalized spacial score (nSPS) is 16.4. The fourth-order valence-corrected chi connectivity index (χ4v) is 3.50. The Balaban J connectivity index is 2.27. The van der Waals surface area contributed by atoms with Gasteiger partial charge in [-0.3, -0.25) is 4.72 Å². The third kappa shape index (κ3) is 4.83. The molecule has 0 atom stereocenters. The van der Waals surface area contributed by atoms with E-state index in [1.807, 2.05) is 6.92 Å². The summed E-state index contributed by atoms with van der Waals surface area (Å²) in [7, 11) is -3.82. The maximum Gasteiger partial charge on any atom is 0.335 e. The molecule has 1 fully saturated rings. The van der Waals surface area contributed by atoms with E-state index in [0.717, 1.165) is 6.42 Å². The Kier molecular flexibility index (Phi) is 6.41. The molecule has 0 spiro atoms. The van der Waals surface area contributed by atoms with Crippen LogP contribution >= 0.6 is 0 Å². The minimum absolute atomic E-state index is 0.0178. The van der Waals surface area contributed by atoms with Gasteiger partial charge in [-0.05, 0) is 31.0 Å². The van der Waals surface area contributed by atoms with Crippen molar-refractivity contribution in [1.29, 1.82) is 0 Å². The van der Waals surface area contributed by atoms with E-state index in [-0.39, 0.29) is 17.8 Å². The average Bonchev–Trinajstić information content (AvgIpc) is 2.83. The van der Waals surface area contributed by atoms with Crippen LogP contribution < -0.4 is 9.46 Å². The molecule has 1 aromatic rings. The number of ether oxygens (including phenoxy) is 2. The number of carbonyl (C=O) groups is 1. The van der Waals surface area contributed by atoms with Crippen molar-refractivity contribution in [3.63, 3.8) is 0 Å². The summed E-state index contributed by atoms with van der Waals surface area (Å²) < 4.78 is 39.7. The topological polar surface area (TPSA) is 105 Å². The van der Waals surface area contributed by atoms with E-state index in [1.54, 1.807) is 0 Å². The number of rotatable bonds is 7. The molecule has 2 rings (SSSR count). The highest BCUT2D eigenvalue weighted by atomic mass is 32.2. The Bertz CT molecular complexity index is 669. The van der Waals surface area contributed by atoms with Gasteiger partial charge in [0.2, 0.25) is 0 Å². The zero-order valence-electron chi connectivity index (χ0n) is 13.5. The molecule has 1 aliphatic heterocycles. The second kappa shape index (κ2) is 8.32. The predicted octanol–water partition coefficient (Wildman–Crippen LogP) is 1.55. The summed E-state index contributed by atoms with van der Waals surface area (Å²) in [5, 5.41) is 9.12. The summed E-state index contributed by atoms with van der Waals surface area (Å²) in [5.41, 5.74) is 0.101. The van der Waals surface area contributed by atoms with Crippen LogP contribution in [-0.4, -0.2) is 56.7 Å². The summed E-state index contributed by atoms with van der Waals surface area (Å²) >= 11 is 0. The predicted molar refractivity (Wildman–Crippen MR) is 88.7 cm³/mol. The zero-order valence-corrected chi connectivity index (χ0v) is 14.3. The maximum absolute atomic E-state index is 12.6. The number of aromatic carboxylic acids is 1. The number of nitrogens with zero attached hydrogens (tertiary/aromatic N) is 1. The van der Waals surface area contributed by atoms with Gasteiger partial charge < -0.3 is 14.6 Å². The van der Waals surface area contributed by atoms with Crippen LogP contribution in [0.5, 0.6) is 5.75 Å². The lowest BCUT2D eigenvalue weighted by Crippen LogP contribution is -2.37.